The number of ether oxygens (including phenoxy) is 1. The van der Waals surface area contributed by atoms with E-state index in [0.717, 1.165) is 44.9 Å². The Kier molecular flexibility index (Phi) is 9.09. The molecule has 0 aromatic carbocycles. The van der Waals surface area contributed by atoms with Crippen LogP contribution in [0.5, 0.6) is 0 Å². The van der Waals surface area contributed by atoms with Crippen LogP contribution in [0.25, 0.3) is 0 Å². The topological polar surface area (TPSA) is 87.0 Å². The molecule has 0 aromatic rings. The molecule has 5 nitrogen and oxygen atoms in total. The van der Waals surface area contributed by atoms with E-state index in [2.05, 4.69) is 6.92 Å². The highest BCUT2D eigenvalue weighted by atomic mass is 16.5. The molecular weight excluding hydrogens is 332 g/mol. The third kappa shape index (κ3) is 6.67. The van der Waals surface area contributed by atoms with Crippen molar-refractivity contribution in [2.45, 2.75) is 89.4 Å². The summed E-state index contributed by atoms with van der Waals surface area (Å²) in [6.07, 6.45) is 11.7. The number of hydrogen-bond acceptors (Lipinski definition) is 4. The average Bonchev–Trinajstić information content (AvgIpc) is 2.75. The second kappa shape index (κ2) is 11.1. The van der Waals surface area contributed by atoms with Crippen molar-refractivity contribution in [2.24, 2.45) is 17.8 Å². The lowest BCUT2D eigenvalue weighted by Gasteiger charge is -2.21. The van der Waals surface area contributed by atoms with Gasteiger partial charge >= 0.3 is 5.97 Å². The molecule has 0 aromatic heterocycles. The van der Waals surface area contributed by atoms with Crippen LogP contribution in [0.3, 0.4) is 0 Å². The zero-order chi connectivity index (χ0) is 18.9. The maximum Gasteiger partial charge on any atom is 0.303 e. The van der Waals surface area contributed by atoms with Gasteiger partial charge in [-0.05, 0) is 43.9 Å². The molecule has 2 aliphatic rings. The summed E-state index contributed by atoms with van der Waals surface area (Å²) in [5.74, 6) is 0.0377. The maximum absolute atomic E-state index is 10.7. The van der Waals surface area contributed by atoms with Gasteiger partial charge in [0.05, 0.1) is 18.3 Å². The minimum Gasteiger partial charge on any atom is -0.481 e. The van der Waals surface area contributed by atoms with Crippen molar-refractivity contribution >= 4 is 5.97 Å². The number of aliphatic carboxylic acids is 1. The molecule has 2 fully saturated rings. The first-order valence-corrected chi connectivity index (χ1v) is 10.4. The molecule has 6 atom stereocenters. The quantitative estimate of drug-likeness (QED) is 0.406. The molecular formula is C21H36O5. The summed E-state index contributed by atoms with van der Waals surface area (Å²) in [5.41, 5.74) is 0. The number of unbranched alkanes of at least 4 members (excludes halogenated alkanes) is 2. The summed E-state index contributed by atoms with van der Waals surface area (Å²) in [7, 11) is 0. The molecule has 3 N–H and O–H groups in total. The predicted molar refractivity (Wildman–Crippen MR) is 101 cm³/mol. The molecule has 0 amide bonds. The van der Waals surface area contributed by atoms with Crippen molar-refractivity contribution in [3.63, 3.8) is 0 Å². The molecule has 1 aliphatic heterocycles. The molecule has 5 heteroatoms. The average molecular weight is 369 g/mol. The number of aliphatic hydroxyl groups excluding tert-OH is 2. The van der Waals surface area contributed by atoms with E-state index in [1.54, 1.807) is 0 Å². The minimum atomic E-state index is -0.734. The van der Waals surface area contributed by atoms with E-state index in [9.17, 15) is 15.0 Å². The van der Waals surface area contributed by atoms with E-state index in [1.165, 1.54) is 0 Å². The van der Waals surface area contributed by atoms with Gasteiger partial charge in [0.1, 0.15) is 0 Å². The van der Waals surface area contributed by atoms with Gasteiger partial charge in [0, 0.05) is 25.4 Å². The van der Waals surface area contributed by atoms with Crippen molar-refractivity contribution in [3.8, 4) is 0 Å². The van der Waals surface area contributed by atoms with Gasteiger partial charge in [0.15, 0.2) is 0 Å². The van der Waals surface area contributed by atoms with Crippen LogP contribution in [0, 0.1) is 17.8 Å². The Labute approximate surface area is 157 Å². The molecule has 0 bridgehead atoms. The van der Waals surface area contributed by atoms with Gasteiger partial charge in [-0.25, -0.2) is 0 Å². The largest absolute Gasteiger partial charge is 0.481 e. The Morgan fingerprint density at radius 1 is 1.27 bits per heavy atom. The Hall–Kier alpha value is -0.910. The fourth-order valence-electron chi connectivity index (χ4n) is 4.44. The number of rotatable bonds is 10. The van der Waals surface area contributed by atoms with E-state index in [1.807, 2.05) is 12.2 Å². The van der Waals surface area contributed by atoms with Gasteiger partial charge in [0.25, 0.3) is 0 Å². The Bertz CT molecular complexity index is 450. The third-order valence-corrected chi connectivity index (χ3v) is 6.01. The zero-order valence-corrected chi connectivity index (χ0v) is 16.1. The highest BCUT2D eigenvalue weighted by molar-refractivity contribution is 5.66. The molecule has 0 unspecified atom stereocenters. The van der Waals surface area contributed by atoms with Crippen LogP contribution >= 0.6 is 0 Å². The van der Waals surface area contributed by atoms with E-state index in [0.29, 0.717) is 31.3 Å². The summed E-state index contributed by atoms with van der Waals surface area (Å²) in [6.45, 7) is 2.82. The van der Waals surface area contributed by atoms with Gasteiger partial charge in [0.2, 0.25) is 0 Å². The number of carboxylic acid groups (broad SMARTS) is 1. The Balaban J connectivity index is 1.83. The van der Waals surface area contributed by atoms with Crippen LogP contribution in [0.4, 0.5) is 0 Å². The van der Waals surface area contributed by atoms with Crippen LogP contribution in [-0.4, -0.2) is 46.2 Å². The Morgan fingerprint density at radius 2 is 2.08 bits per heavy atom. The van der Waals surface area contributed by atoms with Crippen molar-refractivity contribution in [2.75, 3.05) is 6.61 Å². The molecule has 1 saturated carbocycles. The second-order valence-electron chi connectivity index (χ2n) is 8.09. The molecule has 1 heterocycles. The lowest BCUT2D eigenvalue weighted by atomic mass is 9.86. The molecule has 1 aliphatic carbocycles. The maximum atomic E-state index is 10.7. The van der Waals surface area contributed by atoms with Gasteiger partial charge in [-0.3, -0.25) is 4.79 Å². The van der Waals surface area contributed by atoms with Crippen LogP contribution in [-0.2, 0) is 9.53 Å². The second-order valence-corrected chi connectivity index (χ2v) is 8.09. The number of carbonyl (C=O) groups is 1. The van der Waals surface area contributed by atoms with Crippen molar-refractivity contribution < 1.29 is 24.9 Å². The molecule has 26 heavy (non-hydrogen) atoms. The van der Waals surface area contributed by atoms with Crippen LogP contribution in [0.2, 0.25) is 0 Å². The fraction of sp³-hybridized carbons (Fsp3) is 0.857. The van der Waals surface area contributed by atoms with Crippen molar-refractivity contribution in [1.82, 2.24) is 0 Å². The summed E-state index contributed by atoms with van der Waals surface area (Å²) in [6, 6.07) is 0. The number of hydrogen-bond donors (Lipinski definition) is 3. The molecule has 0 spiro atoms. The van der Waals surface area contributed by atoms with Crippen LogP contribution in [0.15, 0.2) is 12.2 Å². The Morgan fingerprint density at radius 3 is 2.81 bits per heavy atom. The summed E-state index contributed by atoms with van der Waals surface area (Å²) in [5, 5.41) is 29.3. The van der Waals surface area contributed by atoms with Gasteiger partial charge in [-0.2, -0.15) is 0 Å². The molecule has 2 rings (SSSR count). The first-order chi connectivity index (χ1) is 12.5. The molecule has 150 valence electrons. The first-order valence-electron chi connectivity index (χ1n) is 10.4. The van der Waals surface area contributed by atoms with Crippen LogP contribution in [0.1, 0.15) is 71.1 Å². The fourth-order valence-corrected chi connectivity index (χ4v) is 4.44. The third-order valence-electron chi connectivity index (χ3n) is 6.01. The van der Waals surface area contributed by atoms with Gasteiger partial charge < -0.3 is 20.1 Å². The monoisotopic (exact) mass is 368 g/mol. The van der Waals surface area contributed by atoms with Crippen LogP contribution < -0.4 is 0 Å². The summed E-state index contributed by atoms with van der Waals surface area (Å²) >= 11 is 0. The number of aliphatic hydroxyl groups is 2. The summed E-state index contributed by atoms with van der Waals surface area (Å²) < 4.78 is 6.08. The van der Waals surface area contributed by atoms with Crippen molar-refractivity contribution in [1.29, 1.82) is 0 Å². The van der Waals surface area contributed by atoms with E-state index >= 15 is 0 Å². The summed E-state index contributed by atoms with van der Waals surface area (Å²) in [4.78, 5) is 10.7. The van der Waals surface area contributed by atoms with E-state index in [4.69, 9.17) is 9.84 Å². The van der Waals surface area contributed by atoms with Gasteiger partial charge in [-0.1, -0.05) is 38.3 Å². The normalized spacial score (nSPS) is 33.1. The smallest absolute Gasteiger partial charge is 0.303 e. The SMILES string of the molecule is CCCCC[C@H](O)/C=C/[C@@H]1[C@H]2CC[C@H](CCCC(=O)O)CO[C@H]2C[C@H]1O. The molecule has 0 radical (unpaired) electrons. The van der Waals surface area contributed by atoms with Crippen molar-refractivity contribution in [3.05, 3.63) is 12.2 Å². The standard InChI is InChI=1S/C21H36O5/c1-2-3-4-7-16(22)10-12-17-18-11-9-15(6-5-8-21(24)25)14-26-20(18)13-19(17)23/h10,12,15-20,22-23H,2-9,11,13-14H2,1H3,(H,24,25)/b12-10+/t15-,16-,17+,18+,19+,20-/m0/s1. The van der Waals surface area contributed by atoms with Gasteiger partial charge in [-0.15, -0.1) is 0 Å². The minimum absolute atomic E-state index is 0.0543. The first kappa shape index (κ1) is 21.4. The van der Waals surface area contributed by atoms with E-state index in [-0.39, 0.29) is 18.4 Å². The lowest BCUT2D eigenvalue weighted by molar-refractivity contribution is -0.137. The zero-order valence-electron chi connectivity index (χ0n) is 16.1. The number of carboxylic acids is 1. The number of fused-ring (bicyclic) bond motifs is 1. The molecule has 1 saturated heterocycles. The lowest BCUT2D eigenvalue weighted by Crippen LogP contribution is -2.21. The highest BCUT2D eigenvalue weighted by Gasteiger charge is 2.43. The highest BCUT2D eigenvalue weighted by Crippen LogP contribution is 2.42. The predicted octanol–water partition coefficient (Wildman–Crippen LogP) is 3.53. The van der Waals surface area contributed by atoms with E-state index < -0.39 is 18.2 Å².